The third-order valence-electron chi connectivity index (χ3n) is 1.87. The lowest BCUT2D eigenvalue weighted by Gasteiger charge is -2.13. The Morgan fingerprint density at radius 2 is 1.82 bits per heavy atom. The number of benzene rings is 1. The normalized spacial score (nSPS) is 17.4. The molecule has 0 radical (unpaired) electrons. The number of hydrogen-bond acceptors (Lipinski definition) is 8. The van der Waals surface area contributed by atoms with Gasteiger partial charge in [0.1, 0.15) is 17.8 Å². The molecule has 0 saturated carbocycles. The second-order valence-corrected chi connectivity index (χ2v) is 4.01. The van der Waals surface area contributed by atoms with Crippen molar-refractivity contribution in [3.8, 4) is 12.1 Å². The van der Waals surface area contributed by atoms with Gasteiger partial charge in [-0.15, -0.1) is 13.7 Å². The Kier molecular flexibility index (Phi) is 2.67. The van der Waals surface area contributed by atoms with Crippen LogP contribution in [0.3, 0.4) is 0 Å². The van der Waals surface area contributed by atoms with Crippen molar-refractivity contribution in [1.82, 2.24) is 5.59 Å². The Morgan fingerprint density at radius 3 is 2.24 bits per heavy atom. The molecule has 1 fully saturated rings. The van der Waals surface area contributed by atoms with Gasteiger partial charge in [0.25, 0.3) is 0 Å². The number of para-hydroxylation sites is 1. The molecule has 0 aliphatic carbocycles. The van der Waals surface area contributed by atoms with Gasteiger partial charge in [0.2, 0.25) is 0 Å². The molecular formula is C8H4N4O4S. The van der Waals surface area contributed by atoms with Crippen LogP contribution in [0, 0.1) is 22.7 Å². The van der Waals surface area contributed by atoms with E-state index >= 15 is 0 Å². The van der Waals surface area contributed by atoms with Crippen molar-refractivity contribution >= 4 is 16.1 Å². The first-order valence-corrected chi connectivity index (χ1v) is 5.53. The molecule has 1 aliphatic rings. The molecule has 0 spiro atoms. The minimum absolute atomic E-state index is 0.0291. The van der Waals surface area contributed by atoms with Crippen molar-refractivity contribution in [2.75, 3.05) is 5.17 Å². The molecule has 2 rings (SSSR count). The lowest BCUT2D eigenvalue weighted by molar-refractivity contribution is 0.198. The zero-order chi connectivity index (χ0) is 12.5. The zero-order valence-corrected chi connectivity index (χ0v) is 8.93. The second kappa shape index (κ2) is 4.01. The van der Waals surface area contributed by atoms with Gasteiger partial charge >= 0.3 is 10.4 Å². The van der Waals surface area contributed by atoms with E-state index < -0.39 is 10.4 Å². The first-order valence-electron chi connectivity index (χ1n) is 4.19. The van der Waals surface area contributed by atoms with E-state index in [4.69, 9.17) is 10.5 Å². The maximum atomic E-state index is 10.9. The number of nitriles is 2. The maximum Gasteiger partial charge on any atom is 0.440 e. The van der Waals surface area contributed by atoms with Crippen LogP contribution < -0.4 is 10.8 Å². The van der Waals surface area contributed by atoms with E-state index in [0.29, 0.717) is 5.17 Å². The average molecular weight is 252 g/mol. The van der Waals surface area contributed by atoms with Crippen molar-refractivity contribution in [3.05, 3.63) is 29.3 Å². The summed E-state index contributed by atoms with van der Waals surface area (Å²) in [5.41, 5.74) is 2.04. The van der Waals surface area contributed by atoms with Gasteiger partial charge in [-0.2, -0.15) is 18.9 Å². The van der Waals surface area contributed by atoms with Crippen molar-refractivity contribution in [1.29, 1.82) is 10.5 Å². The van der Waals surface area contributed by atoms with Crippen LogP contribution in [-0.2, 0) is 19.0 Å². The lowest BCUT2D eigenvalue weighted by atomic mass is 10.1. The highest BCUT2D eigenvalue weighted by atomic mass is 32.3. The van der Waals surface area contributed by atoms with E-state index in [9.17, 15) is 8.42 Å². The monoisotopic (exact) mass is 252 g/mol. The van der Waals surface area contributed by atoms with Crippen LogP contribution in [0.25, 0.3) is 0 Å². The number of nitrogens with one attached hydrogen (secondary N) is 1. The third-order valence-corrected chi connectivity index (χ3v) is 2.48. The van der Waals surface area contributed by atoms with E-state index in [1.54, 1.807) is 0 Å². The molecule has 0 unspecified atom stereocenters. The summed E-state index contributed by atoms with van der Waals surface area (Å²) in [7, 11) is -4.20. The molecule has 8 nitrogen and oxygen atoms in total. The Balaban J connectivity index is 2.53. The minimum Gasteiger partial charge on any atom is -0.192 e. The van der Waals surface area contributed by atoms with E-state index in [1.165, 1.54) is 18.2 Å². The largest absolute Gasteiger partial charge is 0.440 e. The van der Waals surface area contributed by atoms with Gasteiger partial charge < -0.3 is 0 Å². The van der Waals surface area contributed by atoms with E-state index in [1.807, 2.05) is 17.7 Å². The summed E-state index contributed by atoms with van der Waals surface area (Å²) in [6.07, 6.45) is 0. The molecule has 0 bridgehead atoms. The zero-order valence-electron chi connectivity index (χ0n) is 8.11. The van der Waals surface area contributed by atoms with Crippen molar-refractivity contribution in [2.24, 2.45) is 0 Å². The van der Waals surface area contributed by atoms with Crippen LogP contribution in [0.2, 0.25) is 0 Å². The van der Waals surface area contributed by atoms with E-state index in [0.717, 1.165) is 0 Å². The molecule has 17 heavy (non-hydrogen) atoms. The molecular weight excluding hydrogens is 248 g/mol. The quantitative estimate of drug-likeness (QED) is 0.734. The Morgan fingerprint density at radius 1 is 1.24 bits per heavy atom. The van der Waals surface area contributed by atoms with Gasteiger partial charge in [-0.3, -0.25) is 0 Å². The summed E-state index contributed by atoms with van der Waals surface area (Å²) in [5, 5.41) is 18.3. The molecule has 1 saturated heterocycles. The average Bonchev–Trinajstić information content (AvgIpc) is 2.68. The molecule has 9 heteroatoms. The van der Waals surface area contributed by atoms with Gasteiger partial charge in [0.15, 0.2) is 0 Å². The molecule has 1 aliphatic heterocycles. The van der Waals surface area contributed by atoms with Gasteiger partial charge in [-0.25, -0.2) is 0 Å². The van der Waals surface area contributed by atoms with Crippen molar-refractivity contribution in [3.63, 3.8) is 0 Å². The van der Waals surface area contributed by atoms with Crippen LogP contribution >= 0.6 is 0 Å². The number of nitrogens with zero attached hydrogens (tertiary/aromatic N) is 3. The van der Waals surface area contributed by atoms with Gasteiger partial charge in [-0.1, -0.05) is 11.7 Å². The highest BCUT2D eigenvalue weighted by molar-refractivity contribution is 7.82. The minimum atomic E-state index is -4.20. The summed E-state index contributed by atoms with van der Waals surface area (Å²) < 4.78 is 30.3. The van der Waals surface area contributed by atoms with Crippen molar-refractivity contribution in [2.45, 2.75) is 0 Å². The number of hydrazine groups is 1. The first kappa shape index (κ1) is 11.3. The molecule has 0 amide bonds. The Bertz CT molecular complexity index is 610. The fourth-order valence-corrected chi connectivity index (χ4v) is 1.70. The van der Waals surface area contributed by atoms with Crippen molar-refractivity contribution < 1.29 is 17.0 Å². The van der Waals surface area contributed by atoms with Crippen LogP contribution in [0.4, 0.5) is 5.69 Å². The predicted molar refractivity (Wildman–Crippen MR) is 52.6 cm³/mol. The molecule has 0 aromatic heterocycles. The molecule has 0 atom stereocenters. The van der Waals surface area contributed by atoms with E-state index in [2.05, 4.69) is 8.57 Å². The summed E-state index contributed by atoms with van der Waals surface area (Å²) in [4.78, 5) is 0. The Hall–Kier alpha value is -2.17. The lowest BCUT2D eigenvalue weighted by Crippen LogP contribution is -2.29. The Labute approximate surface area is 96.4 Å². The maximum absolute atomic E-state index is 10.9. The van der Waals surface area contributed by atoms with Gasteiger partial charge in [0.05, 0.1) is 11.1 Å². The third kappa shape index (κ3) is 2.04. The fourth-order valence-electron chi connectivity index (χ4n) is 1.23. The SMILES string of the molecule is N#Cc1cccc(C#N)c1N1NOS(=O)(=O)O1. The summed E-state index contributed by atoms with van der Waals surface area (Å²) in [5.74, 6) is 0. The highest BCUT2D eigenvalue weighted by Crippen LogP contribution is 2.26. The fraction of sp³-hybridized carbons (Fsp3) is 0. The predicted octanol–water partition coefficient (Wildman–Crippen LogP) is -0.137. The summed E-state index contributed by atoms with van der Waals surface area (Å²) in [6.45, 7) is 0. The molecule has 1 aromatic rings. The summed E-state index contributed by atoms with van der Waals surface area (Å²) >= 11 is 0. The van der Waals surface area contributed by atoms with Gasteiger partial charge in [0, 0.05) is 0 Å². The highest BCUT2D eigenvalue weighted by Gasteiger charge is 2.32. The van der Waals surface area contributed by atoms with Crippen LogP contribution in [0.5, 0.6) is 0 Å². The molecule has 1 heterocycles. The number of rotatable bonds is 1. The number of hydrogen-bond donors (Lipinski definition) is 1. The van der Waals surface area contributed by atoms with Gasteiger partial charge in [-0.05, 0) is 12.1 Å². The molecule has 1 N–H and O–H groups in total. The van der Waals surface area contributed by atoms with Crippen LogP contribution in [0.1, 0.15) is 11.1 Å². The second-order valence-electron chi connectivity index (χ2n) is 2.88. The standard InChI is InChI=1S/C8H4N4O4S/c9-4-6-2-1-3-7(5-10)8(6)12-11-15-17(13,14)16-12/h1-3,11H. The topological polar surface area (TPSA) is 115 Å². The molecule has 1 aromatic carbocycles. The van der Waals surface area contributed by atoms with Crippen LogP contribution in [-0.4, -0.2) is 8.42 Å². The first-order chi connectivity index (χ1) is 8.07. The smallest absolute Gasteiger partial charge is 0.192 e. The van der Waals surface area contributed by atoms with E-state index in [-0.39, 0.29) is 16.8 Å². The number of anilines is 1. The summed E-state index contributed by atoms with van der Waals surface area (Å²) in [6, 6.07) is 7.93. The molecule has 86 valence electrons. The van der Waals surface area contributed by atoms with Crippen LogP contribution in [0.15, 0.2) is 18.2 Å².